The molecule has 148 valence electrons. The molecule has 0 radical (unpaired) electrons. The molecule has 6 heteroatoms. The first-order valence-corrected chi connectivity index (χ1v) is 10.7. The standard InChI is InChI=1S/C22H27BrN4O/c1-15-6-7-20(16(2)12-15)26-8-10-27(11-9-26)22(28)19-14-24-25-21(19)17-4-3-5-18(23)13-17/h3-7,12-13,19,21,24-25H,8-11,14H2,1-2H3. The number of carbonyl (C=O) groups is 1. The second-order valence-electron chi connectivity index (χ2n) is 7.77. The highest BCUT2D eigenvalue weighted by atomic mass is 79.9. The number of aryl methyl sites for hydroxylation is 2. The summed E-state index contributed by atoms with van der Waals surface area (Å²) in [6.07, 6.45) is 0. The molecule has 2 fully saturated rings. The molecule has 0 bridgehead atoms. The maximum Gasteiger partial charge on any atom is 0.229 e. The number of benzene rings is 2. The lowest BCUT2D eigenvalue weighted by Gasteiger charge is -2.38. The van der Waals surface area contributed by atoms with E-state index in [9.17, 15) is 4.79 Å². The van der Waals surface area contributed by atoms with Gasteiger partial charge in [0.05, 0.1) is 12.0 Å². The maximum atomic E-state index is 13.2. The van der Waals surface area contributed by atoms with E-state index in [0.29, 0.717) is 6.54 Å². The molecule has 2 aromatic carbocycles. The average molecular weight is 443 g/mol. The summed E-state index contributed by atoms with van der Waals surface area (Å²) in [6, 6.07) is 14.8. The van der Waals surface area contributed by atoms with E-state index in [1.807, 2.05) is 17.0 Å². The van der Waals surface area contributed by atoms with E-state index in [1.165, 1.54) is 16.8 Å². The second kappa shape index (κ2) is 8.23. The molecule has 2 saturated heterocycles. The molecule has 2 aliphatic rings. The Morgan fingerprint density at radius 1 is 1.07 bits per heavy atom. The number of nitrogens with one attached hydrogen (secondary N) is 2. The van der Waals surface area contributed by atoms with Crippen LogP contribution in [0, 0.1) is 19.8 Å². The molecule has 1 amide bonds. The Kier molecular flexibility index (Phi) is 5.71. The monoisotopic (exact) mass is 442 g/mol. The van der Waals surface area contributed by atoms with Crippen molar-refractivity contribution >= 4 is 27.5 Å². The van der Waals surface area contributed by atoms with Gasteiger partial charge in [-0.15, -0.1) is 0 Å². The van der Waals surface area contributed by atoms with Gasteiger partial charge in [-0.1, -0.05) is 45.8 Å². The molecule has 2 atom stereocenters. The molecule has 0 aliphatic carbocycles. The van der Waals surface area contributed by atoms with E-state index in [0.717, 1.165) is 36.2 Å². The molecule has 0 saturated carbocycles. The smallest absolute Gasteiger partial charge is 0.229 e. The quantitative estimate of drug-likeness (QED) is 0.765. The van der Waals surface area contributed by atoms with Crippen LogP contribution in [0.3, 0.4) is 0 Å². The van der Waals surface area contributed by atoms with Crippen molar-refractivity contribution in [3.63, 3.8) is 0 Å². The molecule has 5 nitrogen and oxygen atoms in total. The number of halogens is 1. The Morgan fingerprint density at radius 3 is 2.57 bits per heavy atom. The lowest BCUT2D eigenvalue weighted by atomic mass is 9.93. The fraction of sp³-hybridized carbons (Fsp3) is 0.409. The zero-order valence-corrected chi connectivity index (χ0v) is 18.0. The third kappa shape index (κ3) is 3.95. The summed E-state index contributed by atoms with van der Waals surface area (Å²) in [5.41, 5.74) is 11.5. The lowest BCUT2D eigenvalue weighted by molar-refractivity contribution is -0.135. The van der Waals surface area contributed by atoms with Gasteiger partial charge in [0.15, 0.2) is 0 Å². The molecule has 0 aromatic heterocycles. The van der Waals surface area contributed by atoms with E-state index in [2.05, 4.69) is 75.9 Å². The topological polar surface area (TPSA) is 47.6 Å². The van der Waals surface area contributed by atoms with E-state index < -0.39 is 0 Å². The van der Waals surface area contributed by atoms with Crippen LogP contribution in [0.5, 0.6) is 0 Å². The van der Waals surface area contributed by atoms with Crippen LogP contribution < -0.4 is 15.8 Å². The van der Waals surface area contributed by atoms with Crippen molar-refractivity contribution in [2.75, 3.05) is 37.6 Å². The second-order valence-corrected chi connectivity index (χ2v) is 8.68. The third-order valence-corrected chi connectivity index (χ3v) is 6.28. The van der Waals surface area contributed by atoms with Gasteiger partial charge in [-0.3, -0.25) is 10.2 Å². The first-order valence-electron chi connectivity index (χ1n) is 9.88. The largest absolute Gasteiger partial charge is 0.368 e. The molecular weight excluding hydrogens is 416 g/mol. The summed E-state index contributed by atoms with van der Waals surface area (Å²) < 4.78 is 1.03. The predicted octanol–water partition coefficient (Wildman–Crippen LogP) is 3.18. The van der Waals surface area contributed by atoms with Crippen molar-refractivity contribution in [3.05, 3.63) is 63.6 Å². The summed E-state index contributed by atoms with van der Waals surface area (Å²) in [4.78, 5) is 17.7. The summed E-state index contributed by atoms with van der Waals surface area (Å²) in [5, 5.41) is 0. The zero-order chi connectivity index (χ0) is 19.7. The van der Waals surface area contributed by atoms with Crippen molar-refractivity contribution < 1.29 is 4.79 Å². The van der Waals surface area contributed by atoms with Gasteiger partial charge >= 0.3 is 0 Å². The van der Waals surface area contributed by atoms with Crippen LogP contribution in [0.25, 0.3) is 0 Å². The summed E-state index contributed by atoms with van der Waals surface area (Å²) in [7, 11) is 0. The number of anilines is 1. The Labute approximate surface area is 175 Å². The number of nitrogens with zero attached hydrogens (tertiary/aromatic N) is 2. The molecule has 2 heterocycles. The average Bonchev–Trinajstić information content (AvgIpc) is 3.17. The van der Waals surface area contributed by atoms with E-state index in [-0.39, 0.29) is 17.9 Å². The Morgan fingerprint density at radius 2 is 1.86 bits per heavy atom. The minimum Gasteiger partial charge on any atom is -0.368 e. The number of amides is 1. The first kappa shape index (κ1) is 19.4. The Hall–Kier alpha value is -1.89. The minimum atomic E-state index is -0.0815. The number of carbonyl (C=O) groups excluding carboxylic acids is 1. The molecule has 2 aromatic rings. The van der Waals surface area contributed by atoms with Gasteiger partial charge in [-0.25, -0.2) is 5.43 Å². The summed E-state index contributed by atoms with van der Waals surface area (Å²) in [6.45, 7) is 8.25. The van der Waals surface area contributed by atoms with Crippen LogP contribution in [0.1, 0.15) is 22.7 Å². The molecule has 4 rings (SSSR count). The fourth-order valence-corrected chi connectivity index (χ4v) is 4.72. The van der Waals surface area contributed by atoms with Gasteiger partial charge < -0.3 is 9.80 Å². The predicted molar refractivity (Wildman–Crippen MR) is 116 cm³/mol. The van der Waals surface area contributed by atoms with Crippen LogP contribution in [0.2, 0.25) is 0 Å². The maximum absolute atomic E-state index is 13.2. The van der Waals surface area contributed by atoms with Crippen molar-refractivity contribution in [3.8, 4) is 0 Å². The molecule has 0 spiro atoms. The molecule has 2 aliphatic heterocycles. The van der Waals surface area contributed by atoms with Crippen LogP contribution >= 0.6 is 15.9 Å². The highest BCUT2D eigenvalue weighted by Gasteiger charge is 2.37. The van der Waals surface area contributed by atoms with Crippen molar-refractivity contribution in [2.45, 2.75) is 19.9 Å². The van der Waals surface area contributed by atoms with Crippen LogP contribution in [-0.4, -0.2) is 43.5 Å². The first-order chi connectivity index (χ1) is 13.5. The SMILES string of the molecule is Cc1ccc(N2CCN(C(=O)C3CNNC3c3cccc(Br)c3)CC2)c(C)c1. The normalized spacial score (nSPS) is 22.5. The summed E-state index contributed by atoms with van der Waals surface area (Å²) >= 11 is 3.53. The van der Waals surface area contributed by atoms with Crippen molar-refractivity contribution in [1.82, 2.24) is 15.8 Å². The van der Waals surface area contributed by atoms with Gasteiger partial charge in [0, 0.05) is 42.9 Å². The number of hydrogen-bond donors (Lipinski definition) is 2. The minimum absolute atomic E-state index is 0.00220. The van der Waals surface area contributed by atoms with Crippen molar-refractivity contribution in [1.29, 1.82) is 0 Å². The zero-order valence-electron chi connectivity index (χ0n) is 16.4. The van der Waals surface area contributed by atoms with Crippen LogP contribution in [0.15, 0.2) is 46.9 Å². The van der Waals surface area contributed by atoms with E-state index >= 15 is 0 Å². The third-order valence-electron chi connectivity index (χ3n) is 5.79. The van der Waals surface area contributed by atoms with E-state index in [4.69, 9.17) is 0 Å². The van der Waals surface area contributed by atoms with Crippen molar-refractivity contribution in [2.24, 2.45) is 5.92 Å². The molecule has 2 N–H and O–H groups in total. The molecule has 28 heavy (non-hydrogen) atoms. The fourth-order valence-electron chi connectivity index (χ4n) is 4.31. The van der Waals surface area contributed by atoms with E-state index in [1.54, 1.807) is 0 Å². The number of rotatable bonds is 3. The van der Waals surface area contributed by atoms with Gasteiger partial charge in [-0.05, 0) is 43.2 Å². The molecular formula is C22H27BrN4O. The highest BCUT2D eigenvalue weighted by Crippen LogP contribution is 2.29. The van der Waals surface area contributed by atoms with Gasteiger partial charge in [-0.2, -0.15) is 0 Å². The summed E-state index contributed by atoms with van der Waals surface area (Å²) in [5.74, 6) is 0.157. The highest BCUT2D eigenvalue weighted by molar-refractivity contribution is 9.10. The number of hydrazine groups is 1. The number of hydrogen-bond acceptors (Lipinski definition) is 4. The molecule has 2 unspecified atom stereocenters. The lowest BCUT2D eigenvalue weighted by Crippen LogP contribution is -2.51. The van der Waals surface area contributed by atoms with Crippen LogP contribution in [-0.2, 0) is 4.79 Å². The Bertz CT molecular complexity index is 863. The Balaban J connectivity index is 1.42. The van der Waals surface area contributed by atoms with Gasteiger partial charge in [0.1, 0.15) is 0 Å². The van der Waals surface area contributed by atoms with Crippen LogP contribution in [0.4, 0.5) is 5.69 Å². The number of piperazine rings is 1. The van der Waals surface area contributed by atoms with Gasteiger partial charge in [0.25, 0.3) is 0 Å². The van der Waals surface area contributed by atoms with Gasteiger partial charge in [0.2, 0.25) is 5.91 Å².